The van der Waals surface area contributed by atoms with Crippen molar-refractivity contribution in [3.05, 3.63) is 12.3 Å². The molecule has 0 bridgehead atoms. The van der Waals surface area contributed by atoms with Gasteiger partial charge in [0.25, 0.3) is 0 Å². The highest BCUT2D eigenvalue weighted by molar-refractivity contribution is 7.80. The number of nitrogens with zero attached hydrogens (tertiary/aromatic N) is 1. The van der Waals surface area contributed by atoms with Crippen LogP contribution in [0.1, 0.15) is 92.4 Å². The van der Waals surface area contributed by atoms with E-state index in [2.05, 4.69) is 44.9 Å². The van der Waals surface area contributed by atoms with Crippen LogP contribution in [0.5, 0.6) is 0 Å². The number of hydrogen-bond acceptors (Lipinski definition) is 2. The summed E-state index contributed by atoms with van der Waals surface area (Å²) in [5, 5.41) is 0.707. The molecule has 1 aliphatic carbocycles. The van der Waals surface area contributed by atoms with Gasteiger partial charge in [-0.1, -0.05) is 60.5 Å². The maximum absolute atomic E-state index is 4.42. The van der Waals surface area contributed by atoms with Crippen molar-refractivity contribution < 1.29 is 0 Å². The van der Waals surface area contributed by atoms with E-state index in [4.69, 9.17) is 0 Å². The van der Waals surface area contributed by atoms with E-state index in [1.807, 2.05) is 13.8 Å². The largest absolute Gasteiger partial charge is 0.372 e. The molecule has 22 heavy (non-hydrogen) atoms. The summed E-state index contributed by atoms with van der Waals surface area (Å²) in [5.41, 5.74) is 1.37. The molecule has 3 unspecified atom stereocenters. The highest BCUT2D eigenvalue weighted by Crippen LogP contribution is 2.28. The minimum atomic E-state index is 0.707. The molecule has 0 aromatic carbocycles. The Morgan fingerprint density at radius 1 is 1.14 bits per heavy atom. The molecule has 0 spiro atoms. The van der Waals surface area contributed by atoms with Crippen LogP contribution in [-0.2, 0) is 0 Å². The normalized spacial score (nSPS) is 27.6. The maximum atomic E-state index is 4.42. The van der Waals surface area contributed by atoms with E-state index >= 15 is 0 Å². The first-order valence-corrected chi connectivity index (χ1v) is 10.2. The molecule has 132 valence electrons. The fraction of sp³-hybridized carbons (Fsp3) is 0.900. The van der Waals surface area contributed by atoms with Crippen LogP contribution in [0.15, 0.2) is 12.3 Å². The van der Waals surface area contributed by atoms with Gasteiger partial charge in [-0.15, -0.1) is 0 Å². The van der Waals surface area contributed by atoms with Gasteiger partial charge >= 0.3 is 0 Å². The Labute approximate surface area is 146 Å². The second-order valence-corrected chi connectivity index (χ2v) is 7.40. The van der Waals surface area contributed by atoms with Gasteiger partial charge in [-0.25, -0.2) is 0 Å². The van der Waals surface area contributed by atoms with Gasteiger partial charge in [-0.2, -0.15) is 12.6 Å². The zero-order valence-electron chi connectivity index (χ0n) is 15.9. The van der Waals surface area contributed by atoms with Crippen LogP contribution in [0.3, 0.4) is 0 Å². The zero-order chi connectivity index (χ0) is 17.0. The Bertz CT molecular complexity index is 269. The molecular formula is C20H41NS. The molecule has 1 nitrogen and oxygen atoms in total. The van der Waals surface area contributed by atoms with Gasteiger partial charge in [0.15, 0.2) is 0 Å². The molecule has 0 amide bonds. The summed E-state index contributed by atoms with van der Waals surface area (Å²) >= 11 is 4.42. The van der Waals surface area contributed by atoms with Crippen LogP contribution in [-0.4, -0.2) is 22.7 Å². The van der Waals surface area contributed by atoms with Crippen LogP contribution < -0.4 is 0 Å². The lowest BCUT2D eigenvalue weighted by Gasteiger charge is -2.26. The average Bonchev–Trinajstić information content (AvgIpc) is 2.84. The summed E-state index contributed by atoms with van der Waals surface area (Å²) in [7, 11) is 0. The SMILES string of the molecule is C=C1CCC(CCC)N1CCC.CC.CC1CCCC(S)C1. The second-order valence-electron chi connectivity index (χ2n) is 6.67. The Morgan fingerprint density at radius 2 is 1.82 bits per heavy atom. The van der Waals surface area contributed by atoms with Crippen molar-refractivity contribution in [2.45, 2.75) is 104 Å². The lowest BCUT2D eigenvalue weighted by molar-refractivity contribution is 0.279. The average molecular weight is 328 g/mol. The molecule has 1 saturated carbocycles. The number of hydrogen-bond donors (Lipinski definition) is 1. The number of rotatable bonds is 4. The summed E-state index contributed by atoms with van der Waals surface area (Å²) < 4.78 is 0. The fourth-order valence-corrected chi connectivity index (χ4v) is 4.05. The Balaban J connectivity index is 0.000000382. The highest BCUT2D eigenvalue weighted by atomic mass is 32.1. The van der Waals surface area contributed by atoms with Crippen molar-refractivity contribution in [1.29, 1.82) is 0 Å². The molecule has 1 aliphatic heterocycles. The number of allylic oxidation sites excluding steroid dienone is 1. The molecule has 1 saturated heterocycles. The van der Waals surface area contributed by atoms with Crippen molar-refractivity contribution in [2.75, 3.05) is 6.54 Å². The smallest absolute Gasteiger partial charge is 0.0290 e. The molecular weight excluding hydrogens is 286 g/mol. The third kappa shape index (κ3) is 8.50. The van der Waals surface area contributed by atoms with E-state index in [-0.39, 0.29) is 0 Å². The van der Waals surface area contributed by atoms with Gasteiger partial charge < -0.3 is 4.90 Å². The third-order valence-electron chi connectivity index (χ3n) is 4.61. The summed E-state index contributed by atoms with van der Waals surface area (Å²) in [6.07, 6.45) is 12.0. The van der Waals surface area contributed by atoms with Gasteiger partial charge in [-0.3, -0.25) is 0 Å². The van der Waals surface area contributed by atoms with Gasteiger partial charge in [0.2, 0.25) is 0 Å². The number of likely N-dealkylation sites (tertiary alicyclic amines) is 1. The summed E-state index contributed by atoms with van der Waals surface area (Å²) in [4.78, 5) is 2.52. The summed E-state index contributed by atoms with van der Waals surface area (Å²) in [6.45, 7) is 16.2. The first kappa shape index (κ1) is 21.9. The third-order valence-corrected chi connectivity index (χ3v) is 5.08. The van der Waals surface area contributed by atoms with Gasteiger partial charge in [-0.05, 0) is 44.4 Å². The quantitative estimate of drug-likeness (QED) is 0.562. The van der Waals surface area contributed by atoms with E-state index in [1.54, 1.807) is 0 Å². The molecule has 2 fully saturated rings. The van der Waals surface area contributed by atoms with Crippen LogP contribution >= 0.6 is 12.6 Å². The fourth-order valence-electron chi connectivity index (χ4n) is 3.51. The molecule has 2 rings (SSSR count). The van der Waals surface area contributed by atoms with Crippen molar-refractivity contribution in [3.8, 4) is 0 Å². The molecule has 3 atom stereocenters. The van der Waals surface area contributed by atoms with Crippen LogP contribution in [0, 0.1) is 5.92 Å². The molecule has 2 aliphatic rings. The molecule has 0 radical (unpaired) electrons. The first-order chi connectivity index (χ1) is 10.6. The topological polar surface area (TPSA) is 3.24 Å². The predicted molar refractivity (Wildman–Crippen MR) is 106 cm³/mol. The molecule has 1 heterocycles. The first-order valence-electron chi connectivity index (χ1n) is 9.70. The Kier molecular flexibility index (Phi) is 13.3. The molecule has 2 heteroatoms. The molecule has 0 aromatic heterocycles. The van der Waals surface area contributed by atoms with Gasteiger partial charge in [0.1, 0.15) is 0 Å². The van der Waals surface area contributed by atoms with Crippen molar-refractivity contribution in [1.82, 2.24) is 4.90 Å². The van der Waals surface area contributed by atoms with E-state index in [1.165, 1.54) is 70.0 Å². The lowest BCUT2D eigenvalue weighted by atomic mass is 9.91. The lowest BCUT2D eigenvalue weighted by Crippen LogP contribution is -2.28. The summed E-state index contributed by atoms with van der Waals surface area (Å²) in [6, 6.07) is 0.808. The van der Waals surface area contributed by atoms with Crippen molar-refractivity contribution in [2.24, 2.45) is 5.92 Å². The monoisotopic (exact) mass is 327 g/mol. The standard InChI is InChI=1S/C11H21N.C7H14S.C2H6/c1-4-6-11-8-7-10(3)12(11)9-5-2;1-6-3-2-4-7(8)5-6;1-2/h11H,3-9H2,1-2H3;6-8H,2-5H2,1H3;1-2H3. The van der Waals surface area contributed by atoms with E-state index in [0.29, 0.717) is 5.25 Å². The number of thiol groups is 1. The van der Waals surface area contributed by atoms with Gasteiger partial charge in [0.05, 0.1) is 0 Å². The maximum Gasteiger partial charge on any atom is 0.0290 e. The second kappa shape index (κ2) is 13.3. The van der Waals surface area contributed by atoms with E-state index in [0.717, 1.165) is 12.0 Å². The van der Waals surface area contributed by atoms with Crippen LogP contribution in [0.4, 0.5) is 0 Å². The summed E-state index contributed by atoms with van der Waals surface area (Å²) in [5.74, 6) is 0.936. The Morgan fingerprint density at radius 3 is 2.27 bits per heavy atom. The van der Waals surface area contributed by atoms with Crippen molar-refractivity contribution >= 4 is 12.6 Å². The molecule has 0 N–H and O–H groups in total. The zero-order valence-corrected chi connectivity index (χ0v) is 16.8. The van der Waals surface area contributed by atoms with Crippen molar-refractivity contribution in [3.63, 3.8) is 0 Å². The minimum absolute atomic E-state index is 0.707. The van der Waals surface area contributed by atoms with E-state index in [9.17, 15) is 0 Å². The van der Waals surface area contributed by atoms with E-state index < -0.39 is 0 Å². The predicted octanol–water partition coefficient (Wildman–Crippen LogP) is 6.70. The van der Waals surface area contributed by atoms with Gasteiger partial charge in [0, 0.05) is 23.5 Å². The molecule has 0 aromatic rings. The highest BCUT2D eigenvalue weighted by Gasteiger charge is 2.24. The Hall–Kier alpha value is -0.110. The minimum Gasteiger partial charge on any atom is -0.372 e. The van der Waals surface area contributed by atoms with Crippen LogP contribution in [0.2, 0.25) is 0 Å². The van der Waals surface area contributed by atoms with Crippen LogP contribution in [0.25, 0.3) is 0 Å².